The van der Waals surface area contributed by atoms with Crippen LogP contribution in [0.15, 0.2) is 0 Å². The van der Waals surface area contributed by atoms with E-state index >= 15 is 0 Å². The number of piperidine rings is 1. The predicted molar refractivity (Wildman–Crippen MR) is 85.9 cm³/mol. The predicted octanol–water partition coefficient (Wildman–Crippen LogP) is 0.904. The van der Waals surface area contributed by atoms with Crippen molar-refractivity contribution in [2.45, 2.75) is 44.6 Å². The van der Waals surface area contributed by atoms with Crippen LogP contribution in [0.25, 0.3) is 0 Å². The van der Waals surface area contributed by atoms with Crippen LogP contribution in [-0.4, -0.2) is 80.5 Å². The van der Waals surface area contributed by atoms with Crippen LogP contribution < -0.4 is 0 Å². The lowest BCUT2D eigenvalue weighted by Gasteiger charge is -2.31. The van der Waals surface area contributed by atoms with Crippen molar-refractivity contribution in [3.8, 4) is 0 Å². The number of nitrogens with zero attached hydrogens (tertiary/aromatic N) is 3. The van der Waals surface area contributed by atoms with Gasteiger partial charge in [-0.25, -0.2) is 0 Å². The Morgan fingerprint density at radius 2 is 1.55 bits per heavy atom. The first kappa shape index (κ1) is 16.6. The fourth-order valence-electron chi connectivity index (χ4n) is 3.70. The Morgan fingerprint density at radius 1 is 0.818 bits per heavy atom. The summed E-state index contributed by atoms with van der Waals surface area (Å²) in [7, 11) is -3.25. The third-order valence-electron chi connectivity index (χ3n) is 5.00. The van der Waals surface area contributed by atoms with E-state index in [1.165, 1.54) is 0 Å². The average molecular weight is 331 g/mol. The Balaban J connectivity index is 1.54. The van der Waals surface area contributed by atoms with E-state index in [1.807, 2.05) is 0 Å². The maximum atomic E-state index is 12.8. The molecule has 0 aromatic heterocycles. The van der Waals surface area contributed by atoms with Crippen molar-refractivity contribution < 1.29 is 13.2 Å². The first-order valence-corrected chi connectivity index (χ1v) is 10.1. The van der Waals surface area contributed by atoms with E-state index in [9.17, 15) is 8.42 Å². The molecule has 0 aromatic carbocycles. The zero-order valence-corrected chi connectivity index (χ0v) is 14.3. The molecule has 3 saturated heterocycles. The van der Waals surface area contributed by atoms with Gasteiger partial charge in [0.25, 0.3) is 10.2 Å². The zero-order chi connectivity index (χ0) is 15.4. The molecule has 7 heteroatoms. The van der Waals surface area contributed by atoms with Gasteiger partial charge in [0.15, 0.2) is 0 Å². The molecule has 0 radical (unpaired) electrons. The fraction of sp³-hybridized carbons (Fsp3) is 1.00. The highest BCUT2D eigenvalue weighted by molar-refractivity contribution is 7.86. The molecule has 3 fully saturated rings. The molecule has 3 heterocycles. The molecule has 0 saturated carbocycles. The van der Waals surface area contributed by atoms with Gasteiger partial charge in [0, 0.05) is 45.9 Å². The molecule has 0 unspecified atom stereocenters. The number of hydrogen-bond donors (Lipinski definition) is 0. The second-order valence-corrected chi connectivity index (χ2v) is 8.58. The summed E-state index contributed by atoms with van der Waals surface area (Å²) in [5.41, 5.74) is 0. The van der Waals surface area contributed by atoms with Crippen LogP contribution in [0.3, 0.4) is 0 Å². The minimum atomic E-state index is -3.25. The van der Waals surface area contributed by atoms with Gasteiger partial charge in [-0.05, 0) is 38.6 Å². The Bertz CT molecular complexity index is 445. The highest BCUT2D eigenvalue weighted by Gasteiger charge is 2.32. The van der Waals surface area contributed by atoms with E-state index in [-0.39, 0.29) is 0 Å². The van der Waals surface area contributed by atoms with E-state index < -0.39 is 10.2 Å². The Hall–Kier alpha value is -0.210. The van der Waals surface area contributed by atoms with Crippen molar-refractivity contribution in [3.63, 3.8) is 0 Å². The van der Waals surface area contributed by atoms with E-state index in [0.29, 0.717) is 32.3 Å². The SMILES string of the molecule is O=S(=O)(N1CCCCC1)N1CCCN(C[C@@H]2CCCO2)CC1. The third kappa shape index (κ3) is 4.00. The van der Waals surface area contributed by atoms with Crippen LogP contribution in [0.5, 0.6) is 0 Å². The van der Waals surface area contributed by atoms with Gasteiger partial charge in [-0.15, -0.1) is 0 Å². The monoisotopic (exact) mass is 331 g/mol. The topological polar surface area (TPSA) is 53.1 Å². The van der Waals surface area contributed by atoms with Crippen molar-refractivity contribution in [3.05, 3.63) is 0 Å². The summed E-state index contributed by atoms with van der Waals surface area (Å²) in [5, 5.41) is 0. The van der Waals surface area contributed by atoms with Crippen LogP contribution in [0.1, 0.15) is 38.5 Å². The summed E-state index contributed by atoms with van der Waals surface area (Å²) < 4.78 is 34.6. The smallest absolute Gasteiger partial charge is 0.282 e. The molecule has 1 atom stereocenters. The molecule has 3 aliphatic heterocycles. The minimum Gasteiger partial charge on any atom is -0.377 e. The third-order valence-corrected chi connectivity index (χ3v) is 7.04. The molecule has 6 nitrogen and oxygen atoms in total. The van der Waals surface area contributed by atoms with Gasteiger partial charge < -0.3 is 4.74 Å². The number of hydrogen-bond acceptors (Lipinski definition) is 4. The molecular weight excluding hydrogens is 302 g/mol. The standard InChI is InChI=1S/C15H29N3O3S/c19-22(20,17-8-2-1-3-9-17)18-10-5-7-16(11-12-18)14-15-6-4-13-21-15/h15H,1-14H2/t15-/m0/s1. The lowest BCUT2D eigenvalue weighted by molar-refractivity contribution is 0.0749. The Labute approximate surface area is 134 Å². The van der Waals surface area contributed by atoms with Gasteiger partial charge >= 0.3 is 0 Å². The molecule has 0 aliphatic carbocycles. The first-order valence-electron chi connectivity index (χ1n) is 8.75. The maximum Gasteiger partial charge on any atom is 0.282 e. The Kier molecular flexibility index (Phi) is 5.73. The summed E-state index contributed by atoms with van der Waals surface area (Å²) >= 11 is 0. The van der Waals surface area contributed by atoms with Crippen molar-refractivity contribution in [2.75, 3.05) is 52.4 Å². The summed E-state index contributed by atoms with van der Waals surface area (Å²) in [6.07, 6.45) is 6.72. The molecule has 128 valence electrons. The van der Waals surface area contributed by atoms with Crippen molar-refractivity contribution in [2.24, 2.45) is 0 Å². The molecule has 3 rings (SSSR count). The van der Waals surface area contributed by atoms with Crippen molar-refractivity contribution in [1.29, 1.82) is 0 Å². The maximum absolute atomic E-state index is 12.8. The van der Waals surface area contributed by atoms with E-state index in [0.717, 1.165) is 64.8 Å². The summed E-state index contributed by atoms with van der Waals surface area (Å²) in [6, 6.07) is 0. The molecule has 0 aromatic rings. The number of rotatable bonds is 4. The summed E-state index contributed by atoms with van der Waals surface area (Å²) in [4.78, 5) is 2.38. The Morgan fingerprint density at radius 3 is 2.27 bits per heavy atom. The highest BCUT2D eigenvalue weighted by Crippen LogP contribution is 2.19. The minimum absolute atomic E-state index is 0.352. The molecule has 0 N–H and O–H groups in total. The highest BCUT2D eigenvalue weighted by atomic mass is 32.2. The van der Waals surface area contributed by atoms with Gasteiger partial charge in [0.05, 0.1) is 6.10 Å². The van der Waals surface area contributed by atoms with Crippen molar-refractivity contribution in [1.82, 2.24) is 13.5 Å². The molecule has 22 heavy (non-hydrogen) atoms. The van der Waals surface area contributed by atoms with E-state index in [2.05, 4.69) is 4.90 Å². The van der Waals surface area contributed by atoms with Crippen LogP contribution in [0, 0.1) is 0 Å². The van der Waals surface area contributed by atoms with Crippen LogP contribution in [0.4, 0.5) is 0 Å². The number of ether oxygens (including phenoxy) is 1. The lowest BCUT2D eigenvalue weighted by Crippen LogP contribution is -2.47. The largest absolute Gasteiger partial charge is 0.377 e. The van der Waals surface area contributed by atoms with E-state index in [1.54, 1.807) is 8.61 Å². The average Bonchev–Trinajstić information content (AvgIpc) is 2.92. The van der Waals surface area contributed by atoms with Gasteiger partial charge in [-0.2, -0.15) is 17.0 Å². The zero-order valence-electron chi connectivity index (χ0n) is 13.5. The second-order valence-electron chi connectivity index (χ2n) is 6.66. The van der Waals surface area contributed by atoms with Crippen molar-refractivity contribution >= 4 is 10.2 Å². The summed E-state index contributed by atoms with van der Waals surface area (Å²) in [6.45, 7) is 6.30. The van der Waals surface area contributed by atoms with Crippen LogP contribution >= 0.6 is 0 Å². The molecule has 3 aliphatic rings. The van der Waals surface area contributed by atoms with Gasteiger partial charge in [-0.3, -0.25) is 4.90 Å². The lowest BCUT2D eigenvalue weighted by atomic mass is 10.2. The molecule has 0 amide bonds. The van der Waals surface area contributed by atoms with Gasteiger partial charge in [-0.1, -0.05) is 6.42 Å². The molecule has 0 bridgehead atoms. The first-order chi connectivity index (χ1) is 10.7. The quantitative estimate of drug-likeness (QED) is 0.768. The molecular formula is C15H29N3O3S. The van der Waals surface area contributed by atoms with Gasteiger partial charge in [0.1, 0.15) is 0 Å². The van der Waals surface area contributed by atoms with Gasteiger partial charge in [0.2, 0.25) is 0 Å². The second kappa shape index (κ2) is 7.57. The van der Waals surface area contributed by atoms with Crippen LogP contribution in [-0.2, 0) is 14.9 Å². The fourth-order valence-corrected chi connectivity index (χ4v) is 5.41. The normalized spacial score (nSPS) is 30.5. The summed E-state index contributed by atoms with van der Waals surface area (Å²) in [5.74, 6) is 0. The van der Waals surface area contributed by atoms with E-state index in [4.69, 9.17) is 4.74 Å². The van der Waals surface area contributed by atoms with Crippen LogP contribution in [0.2, 0.25) is 0 Å². The molecule has 0 spiro atoms.